The summed E-state index contributed by atoms with van der Waals surface area (Å²) in [5, 5.41) is 4.20. The molecule has 4 amide bonds. The van der Waals surface area contributed by atoms with Gasteiger partial charge in [-0.1, -0.05) is 18.7 Å². The van der Waals surface area contributed by atoms with E-state index in [2.05, 4.69) is 22.7 Å². The van der Waals surface area contributed by atoms with Gasteiger partial charge in [0.25, 0.3) is 5.91 Å². The number of aromatic nitrogens is 2. The first-order chi connectivity index (χ1) is 16.3. The SMILES string of the molecule is CCOC(=O)c1ccc2c(c1)nc(SCC(=O)NN1C(=O)NC3(CCC(C)CC3)C1=O)n2CC. The number of hydrogen-bond acceptors (Lipinski definition) is 7. The second-order valence-corrected chi connectivity index (χ2v) is 9.66. The molecule has 1 aliphatic heterocycles. The molecule has 1 aromatic carbocycles. The number of ether oxygens (including phenoxy) is 1. The number of esters is 1. The highest BCUT2D eigenvalue weighted by molar-refractivity contribution is 7.99. The van der Waals surface area contributed by atoms with Crippen molar-refractivity contribution in [2.75, 3.05) is 12.4 Å². The predicted molar refractivity (Wildman–Crippen MR) is 126 cm³/mol. The third-order valence-corrected chi connectivity index (χ3v) is 7.38. The van der Waals surface area contributed by atoms with Gasteiger partial charge in [-0.25, -0.2) is 14.6 Å². The van der Waals surface area contributed by atoms with Crippen molar-refractivity contribution in [3.8, 4) is 0 Å². The molecule has 10 nitrogen and oxygen atoms in total. The standard InChI is InChI=1S/C23H29N5O5S/c1-4-27-17-7-6-15(19(30)33-5-2)12-16(17)24-22(27)34-13-18(29)26-28-20(31)23(25-21(28)32)10-8-14(3)9-11-23/h6-7,12,14H,4-5,8-11,13H2,1-3H3,(H,25,32)(H,26,29). The van der Waals surface area contributed by atoms with Crippen molar-refractivity contribution < 1.29 is 23.9 Å². The maximum atomic E-state index is 12.9. The number of fused-ring (bicyclic) bond motifs is 1. The van der Waals surface area contributed by atoms with Gasteiger partial charge in [-0.3, -0.25) is 15.0 Å². The number of carbonyl (C=O) groups is 4. The number of thioether (sulfide) groups is 1. The van der Waals surface area contributed by atoms with Crippen LogP contribution in [0.4, 0.5) is 4.79 Å². The van der Waals surface area contributed by atoms with E-state index < -0.39 is 29.4 Å². The normalized spacial score (nSPS) is 22.3. The van der Waals surface area contributed by atoms with Gasteiger partial charge in [0.1, 0.15) is 5.54 Å². The van der Waals surface area contributed by atoms with Gasteiger partial charge in [0, 0.05) is 6.54 Å². The van der Waals surface area contributed by atoms with E-state index in [0.29, 0.717) is 41.5 Å². The number of imide groups is 1. The number of nitrogens with zero attached hydrogens (tertiary/aromatic N) is 3. The largest absolute Gasteiger partial charge is 0.462 e. The molecule has 2 N–H and O–H groups in total. The van der Waals surface area contributed by atoms with Gasteiger partial charge < -0.3 is 14.6 Å². The number of nitrogens with one attached hydrogen (secondary N) is 2. The summed E-state index contributed by atoms with van der Waals surface area (Å²) in [6, 6.07) is 4.57. The quantitative estimate of drug-likeness (QED) is 0.350. The minimum Gasteiger partial charge on any atom is -0.462 e. The Kier molecular flexibility index (Phi) is 6.83. The summed E-state index contributed by atoms with van der Waals surface area (Å²) in [6.45, 7) is 6.74. The van der Waals surface area contributed by atoms with E-state index in [9.17, 15) is 19.2 Å². The van der Waals surface area contributed by atoms with E-state index in [4.69, 9.17) is 4.74 Å². The molecule has 1 spiro atoms. The van der Waals surface area contributed by atoms with Gasteiger partial charge in [-0.05, 0) is 63.6 Å². The highest BCUT2D eigenvalue weighted by Crippen LogP contribution is 2.35. The van der Waals surface area contributed by atoms with Crippen molar-refractivity contribution in [2.45, 2.75) is 63.7 Å². The summed E-state index contributed by atoms with van der Waals surface area (Å²) < 4.78 is 6.99. The van der Waals surface area contributed by atoms with E-state index in [-0.39, 0.29) is 12.4 Å². The molecule has 0 unspecified atom stereocenters. The summed E-state index contributed by atoms with van der Waals surface area (Å²) in [6.07, 6.45) is 2.87. The topological polar surface area (TPSA) is 123 Å². The number of carbonyl (C=O) groups excluding carboxylic acids is 4. The second kappa shape index (κ2) is 9.65. The lowest BCUT2D eigenvalue weighted by Crippen LogP contribution is -2.51. The molecule has 1 saturated heterocycles. The van der Waals surface area contributed by atoms with Gasteiger partial charge in [0.15, 0.2) is 5.16 Å². The molecule has 0 radical (unpaired) electrons. The van der Waals surface area contributed by atoms with Crippen LogP contribution in [0.25, 0.3) is 11.0 Å². The number of urea groups is 1. The van der Waals surface area contributed by atoms with E-state index in [1.165, 1.54) is 11.8 Å². The van der Waals surface area contributed by atoms with Crippen molar-refractivity contribution in [1.29, 1.82) is 0 Å². The van der Waals surface area contributed by atoms with E-state index >= 15 is 0 Å². The minimum absolute atomic E-state index is 0.0326. The Balaban J connectivity index is 1.42. The molecule has 1 aromatic heterocycles. The van der Waals surface area contributed by atoms with Crippen LogP contribution in [0.1, 0.15) is 56.8 Å². The first-order valence-electron chi connectivity index (χ1n) is 11.5. The number of hydrazine groups is 1. The lowest BCUT2D eigenvalue weighted by Gasteiger charge is -2.33. The molecule has 2 aromatic rings. The molecule has 34 heavy (non-hydrogen) atoms. The molecule has 4 rings (SSSR count). The molecule has 1 saturated carbocycles. The summed E-state index contributed by atoms with van der Waals surface area (Å²) in [5.74, 6) is -0.800. The van der Waals surface area contributed by atoms with Crippen LogP contribution in [0.3, 0.4) is 0 Å². The number of hydrogen-bond donors (Lipinski definition) is 2. The van der Waals surface area contributed by atoms with E-state index in [0.717, 1.165) is 23.4 Å². The third kappa shape index (κ3) is 4.48. The Morgan fingerprint density at radius 2 is 2.00 bits per heavy atom. The Morgan fingerprint density at radius 3 is 2.68 bits per heavy atom. The van der Waals surface area contributed by atoms with Crippen LogP contribution in [0.5, 0.6) is 0 Å². The highest BCUT2D eigenvalue weighted by Gasteiger charge is 2.52. The smallest absolute Gasteiger partial charge is 0.344 e. The molecular weight excluding hydrogens is 458 g/mol. The van der Waals surface area contributed by atoms with E-state index in [1.54, 1.807) is 25.1 Å². The number of aryl methyl sites for hydroxylation is 1. The molecule has 0 atom stereocenters. The molecule has 182 valence electrons. The Bertz CT molecular complexity index is 1140. The summed E-state index contributed by atoms with van der Waals surface area (Å²) >= 11 is 1.20. The van der Waals surface area contributed by atoms with Crippen LogP contribution in [-0.4, -0.2) is 56.3 Å². The molecule has 2 aliphatic rings. The summed E-state index contributed by atoms with van der Waals surface area (Å²) in [4.78, 5) is 54.6. The first-order valence-corrected chi connectivity index (χ1v) is 12.5. The molecule has 11 heteroatoms. The van der Waals surface area contributed by atoms with Crippen LogP contribution in [0.15, 0.2) is 23.4 Å². The molecule has 2 heterocycles. The van der Waals surface area contributed by atoms with Crippen molar-refractivity contribution in [3.63, 3.8) is 0 Å². The number of imidazole rings is 1. The highest BCUT2D eigenvalue weighted by atomic mass is 32.2. The van der Waals surface area contributed by atoms with E-state index in [1.807, 2.05) is 11.5 Å². The van der Waals surface area contributed by atoms with Gasteiger partial charge in [-0.15, -0.1) is 0 Å². The predicted octanol–water partition coefficient (Wildman–Crippen LogP) is 2.86. The number of benzene rings is 1. The zero-order valence-electron chi connectivity index (χ0n) is 19.6. The lowest BCUT2D eigenvalue weighted by molar-refractivity contribution is -0.139. The van der Waals surface area contributed by atoms with Crippen LogP contribution in [0, 0.1) is 5.92 Å². The van der Waals surface area contributed by atoms with Crippen molar-refractivity contribution in [3.05, 3.63) is 23.8 Å². The Hall–Kier alpha value is -3.08. The van der Waals surface area contributed by atoms with Crippen molar-refractivity contribution in [2.24, 2.45) is 5.92 Å². The molecule has 2 fully saturated rings. The monoisotopic (exact) mass is 487 g/mol. The van der Waals surface area contributed by atoms with Gasteiger partial charge >= 0.3 is 12.0 Å². The van der Waals surface area contributed by atoms with Crippen LogP contribution in [0.2, 0.25) is 0 Å². The number of amides is 4. The third-order valence-electron chi connectivity index (χ3n) is 6.40. The maximum absolute atomic E-state index is 12.9. The second-order valence-electron chi connectivity index (χ2n) is 8.72. The van der Waals surface area contributed by atoms with Crippen LogP contribution >= 0.6 is 11.8 Å². The van der Waals surface area contributed by atoms with Gasteiger partial charge in [0.2, 0.25) is 5.91 Å². The Morgan fingerprint density at radius 1 is 1.26 bits per heavy atom. The van der Waals surface area contributed by atoms with Crippen LogP contribution < -0.4 is 10.7 Å². The molecular formula is C23H29N5O5S. The maximum Gasteiger partial charge on any atom is 0.344 e. The zero-order valence-corrected chi connectivity index (χ0v) is 20.4. The average Bonchev–Trinajstić information content (AvgIpc) is 3.29. The summed E-state index contributed by atoms with van der Waals surface area (Å²) in [7, 11) is 0. The number of rotatable bonds is 7. The zero-order chi connectivity index (χ0) is 24.5. The lowest BCUT2D eigenvalue weighted by atomic mass is 9.77. The fraction of sp³-hybridized carbons (Fsp3) is 0.522. The average molecular weight is 488 g/mol. The van der Waals surface area contributed by atoms with Gasteiger partial charge in [0.05, 0.1) is 29.0 Å². The first kappa shape index (κ1) is 24.1. The minimum atomic E-state index is -0.906. The van der Waals surface area contributed by atoms with Crippen molar-refractivity contribution in [1.82, 2.24) is 25.3 Å². The molecule has 1 aliphatic carbocycles. The van der Waals surface area contributed by atoms with Gasteiger partial charge in [-0.2, -0.15) is 5.01 Å². The Labute approximate surface area is 201 Å². The van der Waals surface area contributed by atoms with Crippen molar-refractivity contribution >= 4 is 46.6 Å². The fourth-order valence-corrected chi connectivity index (χ4v) is 5.34. The summed E-state index contributed by atoms with van der Waals surface area (Å²) in [5.41, 5.74) is 3.42. The molecule has 0 bridgehead atoms. The van der Waals surface area contributed by atoms with Crippen LogP contribution in [-0.2, 0) is 20.9 Å². The fourth-order valence-electron chi connectivity index (χ4n) is 4.47.